The molecule has 23 nitrogen and oxygen atoms in total. The number of hydrogen-bond donors (Lipinski definition) is 12. The number of carboxylic acids is 3. The number of rotatable bonds is 30. The van der Waals surface area contributed by atoms with Crippen molar-refractivity contribution < 1.29 is 68.1 Å². The van der Waals surface area contributed by atoms with Gasteiger partial charge < -0.3 is 64.0 Å². The van der Waals surface area contributed by atoms with E-state index < -0.39 is 139 Å². The number of nitrogens with one attached hydrogen (secondary N) is 7. The fourth-order valence-corrected chi connectivity index (χ4v) is 6.35. The first-order valence-electron chi connectivity index (χ1n) is 21.6. The molecule has 8 amide bonds. The lowest BCUT2D eigenvalue weighted by atomic mass is 9.99. The van der Waals surface area contributed by atoms with Gasteiger partial charge in [0.05, 0.1) is 12.5 Å². The van der Waals surface area contributed by atoms with Crippen LogP contribution in [0.2, 0.25) is 0 Å². The Morgan fingerprint density at radius 3 is 1.52 bits per heavy atom. The van der Waals surface area contributed by atoms with Gasteiger partial charge in [-0.3, -0.25) is 47.9 Å². The van der Waals surface area contributed by atoms with Crippen molar-refractivity contribution in [2.75, 3.05) is 0 Å². The van der Waals surface area contributed by atoms with E-state index in [1.807, 2.05) is 0 Å². The molecular weight excluding hydrogens is 867 g/mol. The van der Waals surface area contributed by atoms with E-state index in [-0.39, 0.29) is 43.9 Å². The minimum absolute atomic E-state index is 0.00542. The highest BCUT2D eigenvalue weighted by molar-refractivity contribution is 5.98. The minimum Gasteiger partial charge on any atom is -0.481 e. The van der Waals surface area contributed by atoms with Crippen LogP contribution in [0.1, 0.15) is 99.0 Å². The standard InChI is InChI=1S/C43H67N9O14/c1-21(2)17-28(40(62)49-29(19-25-11-9-8-10-12-25)41(63)51-31(43(65)66)18-22(3)4)48-38(60)27(14-16-33(54)55)47-36(58)24(7)46-39(61)30(20-34(56)57)50-42(64)35(23(5)6)52-37(59)26(44)13-15-32(45)53/h8-12,21-24,26-31,35H,13-20,44H2,1-7H3,(H2,45,53)(H,46,61)(H,47,58)(H,48,60)(H,49,62)(H,50,64)(H,51,63)(H,52,59)(H,54,55)(H,56,57)(H,65,66)/t24-,26-,27-,28-,29-,30-,31-,35-/m0/s1. The van der Waals surface area contributed by atoms with Gasteiger partial charge in [0.2, 0.25) is 47.3 Å². The molecule has 1 rings (SSSR count). The second-order valence-corrected chi connectivity index (χ2v) is 17.2. The summed E-state index contributed by atoms with van der Waals surface area (Å²) < 4.78 is 0. The molecule has 0 fully saturated rings. The Labute approximate surface area is 383 Å². The Morgan fingerprint density at radius 1 is 0.515 bits per heavy atom. The Balaban J connectivity index is 3.31. The third-order valence-electron chi connectivity index (χ3n) is 9.91. The van der Waals surface area contributed by atoms with Crippen LogP contribution < -0.4 is 48.7 Å². The highest BCUT2D eigenvalue weighted by atomic mass is 16.4. The van der Waals surface area contributed by atoms with Crippen LogP contribution in [0.3, 0.4) is 0 Å². The van der Waals surface area contributed by atoms with Crippen molar-refractivity contribution in [3.05, 3.63) is 35.9 Å². The monoisotopic (exact) mass is 933 g/mol. The fraction of sp³-hybridized carbons (Fsp3) is 0.605. The van der Waals surface area contributed by atoms with Crippen LogP contribution in [0.4, 0.5) is 0 Å². The van der Waals surface area contributed by atoms with Gasteiger partial charge in [-0.1, -0.05) is 71.9 Å². The maximum atomic E-state index is 13.9. The molecule has 0 aliphatic heterocycles. The summed E-state index contributed by atoms with van der Waals surface area (Å²) in [6.07, 6.45) is -2.42. The van der Waals surface area contributed by atoms with Gasteiger partial charge in [0, 0.05) is 19.3 Å². The average molecular weight is 934 g/mol. The van der Waals surface area contributed by atoms with E-state index in [2.05, 4.69) is 37.2 Å². The van der Waals surface area contributed by atoms with E-state index in [9.17, 15) is 68.1 Å². The molecule has 0 heterocycles. The highest BCUT2D eigenvalue weighted by Crippen LogP contribution is 2.12. The number of nitrogens with two attached hydrogens (primary N) is 2. The molecule has 66 heavy (non-hydrogen) atoms. The molecule has 23 heteroatoms. The lowest BCUT2D eigenvalue weighted by molar-refractivity contribution is -0.143. The molecular formula is C43H67N9O14. The average Bonchev–Trinajstić information content (AvgIpc) is 3.21. The number of carboxylic acid groups (broad SMARTS) is 3. The van der Waals surface area contributed by atoms with Crippen molar-refractivity contribution in [2.24, 2.45) is 29.2 Å². The smallest absolute Gasteiger partial charge is 0.326 e. The summed E-state index contributed by atoms with van der Waals surface area (Å²) in [5, 5.41) is 45.6. The van der Waals surface area contributed by atoms with Crippen molar-refractivity contribution in [3.63, 3.8) is 0 Å². The molecule has 0 saturated carbocycles. The summed E-state index contributed by atoms with van der Waals surface area (Å²) in [4.78, 5) is 141. The number of aliphatic carboxylic acids is 3. The Hall–Kier alpha value is -6.65. The zero-order chi connectivity index (χ0) is 50.4. The SMILES string of the molecule is CC(C)C[C@H](NC(=O)[C@H](Cc1ccccc1)NC(=O)[C@H](CC(C)C)NC(=O)[C@H](CCC(=O)O)NC(=O)[C@H](C)NC(=O)[C@H](CC(=O)O)NC(=O)[C@@H](NC(=O)[C@@H](N)CCC(N)=O)C(C)C)C(=O)O. The third-order valence-corrected chi connectivity index (χ3v) is 9.91. The molecule has 0 bridgehead atoms. The summed E-state index contributed by atoms with van der Waals surface area (Å²) in [5.74, 6) is -12.5. The maximum Gasteiger partial charge on any atom is 0.326 e. The lowest BCUT2D eigenvalue weighted by Gasteiger charge is -2.28. The van der Waals surface area contributed by atoms with Crippen molar-refractivity contribution >= 4 is 65.2 Å². The molecule has 1 aromatic carbocycles. The maximum absolute atomic E-state index is 13.9. The van der Waals surface area contributed by atoms with E-state index in [0.29, 0.717) is 5.56 Å². The first-order chi connectivity index (χ1) is 30.7. The summed E-state index contributed by atoms with van der Waals surface area (Å²) in [6, 6.07) is -2.90. The van der Waals surface area contributed by atoms with Crippen LogP contribution in [0.5, 0.6) is 0 Å². The number of amides is 8. The summed E-state index contributed by atoms with van der Waals surface area (Å²) in [7, 11) is 0. The van der Waals surface area contributed by atoms with Crippen molar-refractivity contribution in [1.29, 1.82) is 0 Å². The summed E-state index contributed by atoms with van der Waals surface area (Å²) in [6.45, 7) is 11.3. The number of carbonyl (C=O) groups is 11. The van der Waals surface area contributed by atoms with Crippen LogP contribution in [-0.2, 0) is 59.2 Å². The van der Waals surface area contributed by atoms with Crippen LogP contribution in [0.25, 0.3) is 0 Å². The largest absolute Gasteiger partial charge is 0.481 e. The molecule has 0 aliphatic carbocycles. The van der Waals surface area contributed by atoms with Gasteiger partial charge in [0.15, 0.2) is 0 Å². The van der Waals surface area contributed by atoms with Crippen molar-refractivity contribution in [2.45, 2.75) is 148 Å². The first-order valence-corrected chi connectivity index (χ1v) is 21.6. The second-order valence-electron chi connectivity index (χ2n) is 17.2. The van der Waals surface area contributed by atoms with Gasteiger partial charge in [-0.25, -0.2) is 4.79 Å². The Bertz CT molecular complexity index is 1880. The van der Waals surface area contributed by atoms with E-state index in [4.69, 9.17) is 11.5 Å². The zero-order valence-electron chi connectivity index (χ0n) is 38.4. The van der Waals surface area contributed by atoms with E-state index in [1.165, 1.54) is 0 Å². The van der Waals surface area contributed by atoms with Gasteiger partial charge in [0.1, 0.15) is 42.3 Å². The van der Waals surface area contributed by atoms with Crippen molar-refractivity contribution in [3.8, 4) is 0 Å². The van der Waals surface area contributed by atoms with E-state index in [0.717, 1.165) is 6.92 Å². The topological polar surface area (TPSA) is 385 Å². The Kier molecular flexibility index (Phi) is 24.6. The van der Waals surface area contributed by atoms with Gasteiger partial charge in [0.25, 0.3) is 0 Å². The first kappa shape index (κ1) is 57.4. The molecule has 368 valence electrons. The molecule has 0 saturated heterocycles. The Morgan fingerprint density at radius 2 is 1.00 bits per heavy atom. The normalized spacial score (nSPS) is 14.8. The molecule has 0 spiro atoms. The molecule has 0 aliphatic rings. The van der Waals surface area contributed by atoms with Crippen LogP contribution in [0.15, 0.2) is 30.3 Å². The molecule has 0 radical (unpaired) electrons. The fourth-order valence-electron chi connectivity index (χ4n) is 6.35. The quantitative estimate of drug-likeness (QED) is 0.0414. The molecule has 0 unspecified atom stereocenters. The molecule has 0 aromatic heterocycles. The van der Waals surface area contributed by atoms with E-state index in [1.54, 1.807) is 71.9 Å². The van der Waals surface area contributed by atoms with Crippen LogP contribution in [0, 0.1) is 17.8 Å². The number of benzene rings is 1. The number of hydrogen-bond acceptors (Lipinski definition) is 12. The van der Waals surface area contributed by atoms with Gasteiger partial charge in [-0.15, -0.1) is 0 Å². The van der Waals surface area contributed by atoms with Crippen LogP contribution >= 0.6 is 0 Å². The van der Waals surface area contributed by atoms with Gasteiger partial charge in [-0.05, 0) is 55.9 Å². The summed E-state index contributed by atoms with van der Waals surface area (Å²) in [5.41, 5.74) is 11.5. The lowest BCUT2D eigenvalue weighted by Crippen LogP contribution is -2.60. The minimum atomic E-state index is -1.80. The molecule has 8 atom stereocenters. The van der Waals surface area contributed by atoms with Crippen molar-refractivity contribution in [1.82, 2.24) is 37.2 Å². The number of primary amides is 1. The predicted octanol–water partition coefficient (Wildman–Crippen LogP) is -1.59. The van der Waals surface area contributed by atoms with E-state index >= 15 is 0 Å². The highest BCUT2D eigenvalue weighted by Gasteiger charge is 2.35. The number of carbonyl (C=O) groups excluding carboxylic acids is 8. The van der Waals surface area contributed by atoms with Gasteiger partial charge in [-0.2, -0.15) is 0 Å². The van der Waals surface area contributed by atoms with Gasteiger partial charge >= 0.3 is 17.9 Å². The zero-order valence-corrected chi connectivity index (χ0v) is 38.4. The third kappa shape index (κ3) is 21.8. The van der Waals surface area contributed by atoms with Crippen LogP contribution in [-0.4, -0.2) is 129 Å². The second kappa shape index (κ2) is 28.3. The summed E-state index contributed by atoms with van der Waals surface area (Å²) >= 11 is 0. The molecule has 1 aromatic rings. The molecule has 14 N–H and O–H groups in total. The predicted molar refractivity (Wildman–Crippen MR) is 236 cm³/mol.